The number of likely N-dealkylation sites (tertiary alicyclic amines) is 1. The molecule has 0 radical (unpaired) electrons. The predicted molar refractivity (Wildman–Crippen MR) is 131 cm³/mol. The van der Waals surface area contributed by atoms with Crippen LogP contribution in [0.2, 0.25) is 0 Å². The summed E-state index contributed by atoms with van der Waals surface area (Å²) in [5, 5.41) is 3.53. The van der Waals surface area contributed by atoms with E-state index in [1.54, 1.807) is 0 Å². The van der Waals surface area contributed by atoms with E-state index in [1.807, 2.05) is 18.6 Å². The molecule has 8 heteroatoms. The molecule has 2 aliphatic heterocycles. The molecule has 1 aromatic carbocycles. The summed E-state index contributed by atoms with van der Waals surface area (Å²) >= 11 is 0. The van der Waals surface area contributed by atoms with Gasteiger partial charge in [-0.2, -0.15) is 0 Å². The van der Waals surface area contributed by atoms with Crippen molar-refractivity contribution in [3.63, 3.8) is 0 Å². The molecule has 0 amide bonds. The molecule has 1 saturated heterocycles. The van der Waals surface area contributed by atoms with Crippen molar-refractivity contribution < 1.29 is 9.47 Å². The topological polar surface area (TPSA) is 63.9 Å². The molecule has 1 N–H and O–H groups in total. The molecule has 0 bridgehead atoms. The van der Waals surface area contributed by atoms with Gasteiger partial charge in [-0.3, -0.25) is 4.99 Å². The maximum atomic E-state index is 5.59. The fourth-order valence-electron chi connectivity index (χ4n) is 4.66. The first kappa shape index (κ1) is 22.2. The molecule has 2 fully saturated rings. The highest BCUT2D eigenvalue weighted by Crippen LogP contribution is 2.50. The van der Waals surface area contributed by atoms with Crippen molar-refractivity contribution in [3.8, 4) is 11.5 Å². The van der Waals surface area contributed by atoms with Gasteiger partial charge < -0.3 is 24.3 Å². The second-order valence-corrected chi connectivity index (χ2v) is 8.81. The van der Waals surface area contributed by atoms with E-state index in [0.717, 1.165) is 50.1 Å². The van der Waals surface area contributed by atoms with Gasteiger partial charge in [0.15, 0.2) is 17.5 Å². The van der Waals surface area contributed by atoms with E-state index in [-0.39, 0.29) is 29.4 Å². The van der Waals surface area contributed by atoms with Crippen LogP contribution in [0.3, 0.4) is 0 Å². The van der Waals surface area contributed by atoms with Gasteiger partial charge in [0.25, 0.3) is 0 Å². The lowest BCUT2D eigenvalue weighted by Crippen LogP contribution is -2.49. The molecule has 31 heavy (non-hydrogen) atoms. The molecule has 3 aliphatic rings. The van der Waals surface area contributed by atoms with Crippen LogP contribution >= 0.6 is 24.0 Å². The number of aliphatic imine (C=N–C) groups is 1. The normalized spacial score (nSPS) is 23.9. The minimum Gasteiger partial charge on any atom is -0.454 e. The average molecular weight is 537 g/mol. The van der Waals surface area contributed by atoms with E-state index < -0.39 is 0 Å². The van der Waals surface area contributed by atoms with Gasteiger partial charge in [-0.05, 0) is 49.8 Å². The van der Waals surface area contributed by atoms with Crippen molar-refractivity contribution in [2.45, 2.75) is 44.6 Å². The zero-order valence-electron chi connectivity index (χ0n) is 18.3. The fourth-order valence-corrected chi connectivity index (χ4v) is 4.66. The molecule has 1 aliphatic carbocycles. The molecule has 5 rings (SSSR count). The number of imidazole rings is 1. The third-order valence-electron chi connectivity index (χ3n) is 6.83. The Hall–Kier alpha value is -1.97. The van der Waals surface area contributed by atoms with Gasteiger partial charge >= 0.3 is 0 Å². The van der Waals surface area contributed by atoms with Crippen LogP contribution in [0.15, 0.2) is 41.9 Å². The first-order chi connectivity index (χ1) is 14.7. The molecule has 2 unspecified atom stereocenters. The standard InChI is InChI=1S/C23H31N5O2.HI/c1-3-25-22(27-10-6-17(2)19(13-27)28-11-9-24-15-28)26-14-23(7-8-23)18-4-5-20-21(12-18)30-16-29-20;/h4-5,9,11-12,15,17,19H,3,6-8,10,13-14,16H2,1-2H3,(H,25,26);1H. The first-order valence-electron chi connectivity index (χ1n) is 11.1. The largest absolute Gasteiger partial charge is 0.454 e. The van der Waals surface area contributed by atoms with Gasteiger partial charge in [0.2, 0.25) is 6.79 Å². The first-order valence-corrected chi connectivity index (χ1v) is 11.1. The van der Waals surface area contributed by atoms with Crippen molar-refractivity contribution in [1.82, 2.24) is 19.8 Å². The lowest BCUT2D eigenvalue weighted by molar-refractivity contribution is 0.174. The second-order valence-electron chi connectivity index (χ2n) is 8.81. The Balaban J connectivity index is 0.00000231. The Morgan fingerprint density at radius 2 is 2.13 bits per heavy atom. The smallest absolute Gasteiger partial charge is 0.231 e. The van der Waals surface area contributed by atoms with Gasteiger partial charge in [0.05, 0.1) is 18.9 Å². The Kier molecular flexibility index (Phi) is 6.64. The van der Waals surface area contributed by atoms with Crippen LogP contribution in [0.1, 0.15) is 44.7 Å². The summed E-state index contributed by atoms with van der Waals surface area (Å²) in [5.41, 5.74) is 1.45. The molecule has 2 atom stereocenters. The predicted octanol–water partition coefficient (Wildman–Crippen LogP) is 3.81. The van der Waals surface area contributed by atoms with Crippen molar-refractivity contribution >= 4 is 29.9 Å². The number of ether oxygens (including phenoxy) is 2. The van der Waals surface area contributed by atoms with Crippen LogP contribution < -0.4 is 14.8 Å². The Morgan fingerprint density at radius 1 is 1.29 bits per heavy atom. The molecular formula is C23H32IN5O2. The fraction of sp³-hybridized carbons (Fsp3) is 0.565. The van der Waals surface area contributed by atoms with Gasteiger partial charge in [-0.15, -0.1) is 24.0 Å². The van der Waals surface area contributed by atoms with Crippen molar-refractivity contribution in [3.05, 3.63) is 42.5 Å². The maximum absolute atomic E-state index is 5.59. The lowest BCUT2D eigenvalue weighted by atomic mass is 9.93. The number of benzene rings is 1. The molecule has 3 heterocycles. The maximum Gasteiger partial charge on any atom is 0.231 e. The van der Waals surface area contributed by atoms with Crippen LogP contribution in [0.4, 0.5) is 0 Å². The molecular weight excluding hydrogens is 505 g/mol. The minimum absolute atomic E-state index is 0. The van der Waals surface area contributed by atoms with Crippen molar-refractivity contribution in [2.75, 3.05) is 33.0 Å². The zero-order chi connectivity index (χ0) is 20.6. The number of piperidine rings is 1. The average Bonchev–Trinajstić information content (AvgIpc) is 3.16. The lowest BCUT2D eigenvalue weighted by Gasteiger charge is -2.39. The quantitative estimate of drug-likeness (QED) is 0.357. The monoisotopic (exact) mass is 537 g/mol. The van der Waals surface area contributed by atoms with Gasteiger partial charge in [0, 0.05) is 37.4 Å². The number of fused-ring (bicyclic) bond motifs is 1. The third-order valence-corrected chi connectivity index (χ3v) is 6.83. The molecule has 2 aromatic rings. The van der Waals surface area contributed by atoms with Crippen LogP contribution in [-0.2, 0) is 5.41 Å². The van der Waals surface area contributed by atoms with Crippen LogP contribution in [0, 0.1) is 5.92 Å². The minimum atomic E-state index is 0. The van der Waals surface area contributed by atoms with E-state index in [0.29, 0.717) is 18.8 Å². The van der Waals surface area contributed by atoms with E-state index in [4.69, 9.17) is 14.5 Å². The highest BCUT2D eigenvalue weighted by atomic mass is 127. The van der Waals surface area contributed by atoms with E-state index in [2.05, 4.69) is 51.9 Å². The van der Waals surface area contributed by atoms with Crippen LogP contribution in [-0.4, -0.2) is 53.4 Å². The van der Waals surface area contributed by atoms with Crippen LogP contribution in [0.5, 0.6) is 11.5 Å². The number of guanidine groups is 1. The summed E-state index contributed by atoms with van der Waals surface area (Å²) in [6, 6.07) is 6.79. The number of hydrogen-bond acceptors (Lipinski definition) is 4. The van der Waals surface area contributed by atoms with E-state index in [9.17, 15) is 0 Å². The van der Waals surface area contributed by atoms with Crippen LogP contribution in [0.25, 0.3) is 0 Å². The number of aromatic nitrogens is 2. The summed E-state index contributed by atoms with van der Waals surface area (Å²) in [4.78, 5) is 11.8. The van der Waals surface area contributed by atoms with Crippen molar-refractivity contribution in [2.24, 2.45) is 10.9 Å². The molecule has 1 saturated carbocycles. The number of rotatable bonds is 5. The van der Waals surface area contributed by atoms with E-state index >= 15 is 0 Å². The number of nitrogens with zero attached hydrogens (tertiary/aromatic N) is 4. The van der Waals surface area contributed by atoms with Crippen molar-refractivity contribution in [1.29, 1.82) is 0 Å². The third kappa shape index (κ3) is 4.49. The Bertz CT molecular complexity index is 913. The number of hydrogen-bond donors (Lipinski definition) is 1. The van der Waals surface area contributed by atoms with Gasteiger partial charge in [-0.25, -0.2) is 4.98 Å². The highest BCUT2D eigenvalue weighted by molar-refractivity contribution is 14.0. The Labute approximate surface area is 201 Å². The van der Waals surface area contributed by atoms with Gasteiger partial charge in [-0.1, -0.05) is 13.0 Å². The van der Waals surface area contributed by atoms with E-state index in [1.165, 1.54) is 18.4 Å². The second kappa shape index (κ2) is 9.26. The number of halogens is 1. The molecule has 7 nitrogen and oxygen atoms in total. The summed E-state index contributed by atoms with van der Waals surface area (Å²) in [7, 11) is 0. The zero-order valence-corrected chi connectivity index (χ0v) is 20.6. The number of nitrogens with one attached hydrogen (secondary N) is 1. The SMILES string of the molecule is CCNC(=NCC1(c2ccc3c(c2)OCO3)CC1)N1CCC(C)C(n2ccnc2)C1.I. The summed E-state index contributed by atoms with van der Waals surface area (Å²) in [6.07, 6.45) is 9.38. The summed E-state index contributed by atoms with van der Waals surface area (Å²) in [6.45, 7) is 8.47. The molecule has 0 spiro atoms. The van der Waals surface area contributed by atoms with Gasteiger partial charge in [0.1, 0.15) is 0 Å². The summed E-state index contributed by atoms with van der Waals surface area (Å²) < 4.78 is 13.3. The Morgan fingerprint density at radius 3 is 2.87 bits per heavy atom. The highest BCUT2D eigenvalue weighted by Gasteiger charge is 2.45. The molecule has 1 aromatic heterocycles. The summed E-state index contributed by atoms with van der Waals surface area (Å²) in [5.74, 6) is 3.37. The molecule has 168 valence electrons.